The Morgan fingerprint density at radius 2 is 1.79 bits per heavy atom. The van der Waals surface area contributed by atoms with Crippen molar-refractivity contribution in [2.45, 2.75) is 6.92 Å². The molecule has 0 aliphatic heterocycles. The van der Waals surface area contributed by atoms with Gasteiger partial charge in [-0.05, 0) is 30.2 Å². The standard InChI is InChI=1S/C16H16O3/c1-3-19-16(17)14-11-13(9-10-15(14)18-2)12-7-5-4-6-8-12/h4-11H,3H2,1-2H3. The van der Waals surface area contributed by atoms with Crippen molar-refractivity contribution in [3.05, 3.63) is 54.1 Å². The second kappa shape index (κ2) is 6.05. The molecular formula is C16H16O3. The monoisotopic (exact) mass is 256 g/mol. The van der Waals surface area contributed by atoms with Crippen molar-refractivity contribution in [2.75, 3.05) is 13.7 Å². The Kier molecular flexibility index (Phi) is 4.18. The number of ether oxygens (including phenoxy) is 2. The number of carbonyl (C=O) groups is 1. The van der Waals surface area contributed by atoms with Gasteiger partial charge in [-0.25, -0.2) is 4.79 Å². The van der Waals surface area contributed by atoms with E-state index in [4.69, 9.17) is 9.47 Å². The van der Waals surface area contributed by atoms with Crippen LogP contribution in [-0.2, 0) is 4.74 Å². The smallest absolute Gasteiger partial charge is 0.341 e. The number of benzene rings is 2. The van der Waals surface area contributed by atoms with Crippen molar-refractivity contribution in [3.8, 4) is 16.9 Å². The van der Waals surface area contributed by atoms with E-state index in [2.05, 4.69) is 0 Å². The number of hydrogen-bond donors (Lipinski definition) is 0. The number of rotatable bonds is 4. The van der Waals surface area contributed by atoms with Gasteiger partial charge in [0.05, 0.1) is 13.7 Å². The molecule has 98 valence electrons. The van der Waals surface area contributed by atoms with E-state index in [1.807, 2.05) is 36.4 Å². The molecule has 0 radical (unpaired) electrons. The van der Waals surface area contributed by atoms with Crippen LogP contribution in [-0.4, -0.2) is 19.7 Å². The van der Waals surface area contributed by atoms with Crippen LogP contribution < -0.4 is 4.74 Å². The molecule has 2 rings (SSSR count). The summed E-state index contributed by atoms with van der Waals surface area (Å²) in [7, 11) is 1.54. The van der Waals surface area contributed by atoms with E-state index < -0.39 is 0 Å². The molecule has 0 amide bonds. The lowest BCUT2D eigenvalue weighted by atomic mass is 10.0. The molecule has 0 saturated carbocycles. The van der Waals surface area contributed by atoms with E-state index in [-0.39, 0.29) is 5.97 Å². The molecule has 2 aromatic carbocycles. The quantitative estimate of drug-likeness (QED) is 0.785. The molecule has 0 spiro atoms. The van der Waals surface area contributed by atoms with E-state index in [0.29, 0.717) is 17.9 Å². The van der Waals surface area contributed by atoms with E-state index in [0.717, 1.165) is 11.1 Å². The summed E-state index contributed by atoms with van der Waals surface area (Å²) >= 11 is 0. The van der Waals surface area contributed by atoms with Crippen molar-refractivity contribution >= 4 is 5.97 Å². The van der Waals surface area contributed by atoms with Gasteiger partial charge >= 0.3 is 5.97 Å². The predicted molar refractivity (Wildman–Crippen MR) is 74.4 cm³/mol. The van der Waals surface area contributed by atoms with Gasteiger partial charge in [-0.2, -0.15) is 0 Å². The molecule has 0 aromatic heterocycles. The molecule has 0 atom stereocenters. The summed E-state index contributed by atoms with van der Waals surface area (Å²) in [5.41, 5.74) is 2.46. The van der Waals surface area contributed by atoms with Crippen LogP contribution in [0.15, 0.2) is 48.5 Å². The summed E-state index contributed by atoms with van der Waals surface area (Å²) < 4.78 is 10.2. The van der Waals surface area contributed by atoms with Gasteiger partial charge in [-0.1, -0.05) is 36.4 Å². The van der Waals surface area contributed by atoms with Crippen molar-refractivity contribution in [1.29, 1.82) is 0 Å². The van der Waals surface area contributed by atoms with Crippen LogP contribution in [0.1, 0.15) is 17.3 Å². The van der Waals surface area contributed by atoms with Gasteiger partial charge in [-0.3, -0.25) is 0 Å². The molecule has 2 aromatic rings. The van der Waals surface area contributed by atoms with Crippen molar-refractivity contribution in [1.82, 2.24) is 0 Å². The highest BCUT2D eigenvalue weighted by Gasteiger charge is 2.14. The van der Waals surface area contributed by atoms with Gasteiger partial charge in [0.2, 0.25) is 0 Å². The SMILES string of the molecule is CCOC(=O)c1cc(-c2ccccc2)ccc1OC. The summed E-state index contributed by atoms with van der Waals surface area (Å²) in [6.45, 7) is 2.13. The first-order valence-electron chi connectivity index (χ1n) is 6.17. The molecule has 0 aliphatic carbocycles. The highest BCUT2D eigenvalue weighted by molar-refractivity contribution is 5.94. The lowest BCUT2D eigenvalue weighted by molar-refractivity contribution is 0.0523. The van der Waals surface area contributed by atoms with Crippen LogP contribution in [0.25, 0.3) is 11.1 Å². The molecule has 0 aliphatic rings. The van der Waals surface area contributed by atoms with Crippen LogP contribution in [0, 0.1) is 0 Å². The maximum Gasteiger partial charge on any atom is 0.341 e. The summed E-state index contributed by atoms with van der Waals surface area (Å²) in [4.78, 5) is 11.9. The minimum Gasteiger partial charge on any atom is -0.496 e. The lowest BCUT2D eigenvalue weighted by Crippen LogP contribution is -2.06. The third-order valence-corrected chi connectivity index (χ3v) is 2.80. The van der Waals surface area contributed by atoms with Gasteiger partial charge in [0.15, 0.2) is 0 Å². The first-order valence-corrected chi connectivity index (χ1v) is 6.17. The zero-order valence-corrected chi connectivity index (χ0v) is 11.1. The zero-order valence-electron chi connectivity index (χ0n) is 11.1. The van der Waals surface area contributed by atoms with E-state index in [1.54, 1.807) is 26.2 Å². The average molecular weight is 256 g/mol. The highest BCUT2D eigenvalue weighted by Crippen LogP contribution is 2.27. The average Bonchev–Trinajstić information content (AvgIpc) is 2.47. The van der Waals surface area contributed by atoms with Crippen LogP contribution >= 0.6 is 0 Å². The summed E-state index contributed by atoms with van der Waals surface area (Å²) in [5, 5.41) is 0. The molecular weight excluding hydrogens is 240 g/mol. The predicted octanol–water partition coefficient (Wildman–Crippen LogP) is 3.54. The van der Waals surface area contributed by atoms with Crippen LogP contribution in [0.3, 0.4) is 0 Å². The maximum atomic E-state index is 11.9. The fourth-order valence-electron chi connectivity index (χ4n) is 1.89. The summed E-state index contributed by atoms with van der Waals surface area (Å²) in [5.74, 6) is 0.162. The Bertz CT molecular complexity index is 561. The van der Waals surface area contributed by atoms with E-state index in [9.17, 15) is 4.79 Å². The Balaban J connectivity index is 2.44. The molecule has 0 fully saturated rings. The van der Waals surface area contributed by atoms with Gasteiger partial charge in [0, 0.05) is 0 Å². The van der Waals surface area contributed by atoms with E-state index >= 15 is 0 Å². The topological polar surface area (TPSA) is 35.5 Å². The number of carbonyl (C=O) groups excluding carboxylic acids is 1. The number of hydrogen-bond acceptors (Lipinski definition) is 3. The van der Waals surface area contributed by atoms with Gasteiger partial charge in [-0.15, -0.1) is 0 Å². The van der Waals surface area contributed by atoms with Crippen molar-refractivity contribution < 1.29 is 14.3 Å². The third kappa shape index (κ3) is 2.94. The van der Waals surface area contributed by atoms with Crippen LogP contribution in [0.2, 0.25) is 0 Å². The fraction of sp³-hybridized carbons (Fsp3) is 0.188. The van der Waals surface area contributed by atoms with Gasteiger partial charge in [0.25, 0.3) is 0 Å². The second-order valence-corrected chi connectivity index (χ2v) is 4.00. The number of methoxy groups -OCH3 is 1. The summed E-state index contributed by atoms with van der Waals surface area (Å²) in [6.07, 6.45) is 0. The molecule has 0 heterocycles. The molecule has 3 nitrogen and oxygen atoms in total. The Labute approximate surface area is 112 Å². The van der Waals surface area contributed by atoms with Crippen molar-refractivity contribution in [3.63, 3.8) is 0 Å². The lowest BCUT2D eigenvalue weighted by Gasteiger charge is -2.10. The zero-order chi connectivity index (χ0) is 13.7. The molecule has 0 unspecified atom stereocenters. The minimum absolute atomic E-state index is 0.345. The first-order chi connectivity index (χ1) is 9.26. The maximum absolute atomic E-state index is 11.9. The van der Waals surface area contributed by atoms with Gasteiger partial charge in [0.1, 0.15) is 11.3 Å². The Hall–Kier alpha value is -2.29. The Morgan fingerprint density at radius 3 is 2.42 bits per heavy atom. The molecule has 0 bridgehead atoms. The molecule has 19 heavy (non-hydrogen) atoms. The van der Waals surface area contributed by atoms with Gasteiger partial charge < -0.3 is 9.47 Å². The minimum atomic E-state index is -0.364. The molecule has 0 saturated heterocycles. The normalized spacial score (nSPS) is 10.0. The Morgan fingerprint density at radius 1 is 1.05 bits per heavy atom. The van der Waals surface area contributed by atoms with Crippen molar-refractivity contribution in [2.24, 2.45) is 0 Å². The highest BCUT2D eigenvalue weighted by atomic mass is 16.5. The second-order valence-electron chi connectivity index (χ2n) is 4.00. The summed E-state index contributed by atoms with van der Waals surface area (Å²) in [6, 6.07) is 15.4. The van der Waals surface area contributed by atoms with Crippen LogP contribution in [0.5, 0.6) is 5.75 Å². The number of esters is 1. The molecule has 3 heteroatoms. The van der Waals surface area contributed by atoms with E-state index in [1.165, 1.54) is 0 Å². The first kappa shape index (κ1) is 13.1. The largest absolute Gasteiger partial charge is 0.496 e. The third-order valence-electron chi connectivity index (χ3n) is 2.80. The molecule has 0 N–H and O–H groups in total. The fourth-order valence-corrected chi connectivity index (χ4v) is 1.89. The van der Waals surface area contributed by atoms with Crippen LogP contribution in [0.4, 0.5) is 0 Å².